The Balaban J connectivity index is 2.37. The summed E-state index contributed by atoms with van der Waals surface area (Å²) in [6.45, 7) is 0. The summed E-state index contributed by atoms with van der Waals surface area (Å²) in [6.07, 6.45) is -0.0209. The van der Waals surface area contributed by atoms with Crippen molar-refractivity contribution in [1.82, 2.24) is 0 Å². The molecule has 0 spiro atoms. The van der Waals surface area contributed by atoms with E-state index in [1.54, 1.807) is 6.07 Å². The summed E-state index contributed by atoms with van der Waals surface area (Å²) in [6, 6.07) is 4.41. The molecule has 0 fully saturated rings. The first-order valence-electron chi connectivity index (χ1n) is 4.33. The van der Waals surface area contributed by atoms with E-state index in [9.17, 15) is 9.90 Å². The normalized spacial score (nSPS) is 12.6. The number of carboxylic acid groups (broad SMARTS) is 1. The standard InChI is InChI=1S/C10H7BrO5/c11-7-2-1-6(16-7)8(12)9-5(10(13)14)3-4-15-9/h1-4,8,12H,(H,13,14). The smallest absolute Gasteiger partial charge is 0.339 e. The zero-order chi connectivity index (χ0) is 11.7. The number of furan rings is 2. The van der Waals surface area contributed by atoms with Gasteiger partial charge in [0.1, 0.15) is 11.3 Å². The number of carbonyl (C=O) groups is 1. The van der Waals surface area contributed by atoms with Crippen LogP contribution in [0.4, 0.5) is 0 Å². The molecule has 2 heterocycles. The van der Waals surface area contributed by atoms with Crippen LogP contribution in [-0.2, 0) is 0 Å². The molecule has 0 amide bonds. The Morgan fingerprint density at radius 2 is 2.12 bits per heavy atom. The Labute approximate surface area is 98.4 Å². The molecule has 2 rings (SSSR count). The van der Waals surface area contributed by atoms with Crippen LogP contribution in [0.5, 0.6) is 0 Å². The molecule has 0 saturated heterocycles. The average Bonchev–Trinajstić information content (AvgIpc) is 2.84. The Morgan fingerprint density at radius 3 is 2.69 bits per heavy atom. The minimum absolute atomic E-state index is 0.0469. The van der Waals surface area contributed by atoms with Gasteiger partial charge in [-0.2, -0.15) is 0 Å². The molecule has 16 heavy (non-hydrogen) atoms. The van der Waals surface area contributed by atoms with Gasteiger partial charge in [-0.25, -0.2) is 4.79 Å². The van der Waals surface area contributed by atoms with E-state index >= 15 is 0 Å². The van der Waals surface area contributed by atoms with E-state index in [1.165, 1.54) is 18.4 Å². The van der Waals surface area contributed by atoms with Crippen LogP contribution in [0.25, 0.3) is 0 Å². The zero-order valence-electron chi connectivity index (χ0n) is 7.88. The molecule has 2 aromatic heterocycles. The van der Waals surface area contributed by atoms with E-state index in [4.69, 9.17) is 13.9 Å². The summed E-state index contributed by atoms with van der Waals surface area (Å²) < 4.78 is 10.5. The van der Waals surface area contributed by atoms with Crippen LogP contribution in [0.1, 0.15) is 28.0 Å². The number of hydrogen-bond acceptors (Lipinski definition) is 4. The molecule has 2 aromatic rings. The monoisotopic (exact) mass is 286 g/mol. The second kappa shape index (κ2) is 4.15. The van der Waals surface area contributed by atoms with Gasteiger partial charge in [0.25, 0.3) is 0 Å². The molecule has 0 aromatic carbocycles. The summed E-state index contributed by atoms with van der Waals surface area (Å²) in [5.41, 5.74) is -0.0833. The van der Waals surface area contributed by atoms with Gasteiger partial charge in [0.2, 0.25) is 0 Å². The predicted molar refractivity (Wildman–Crippen MR) is 56.1 cm³/mol. The third-order valence-corrected chi connectivity index (χ3v) is 2.46. The highest BCUT2D eigenvalue weighted by Crippen LogP contribution is 2.28. The van der Waals surface area contributed by atoms with Crippen molar-refractivity contribution in [2.75, 3.05) is 0 Å². The van der Waals surface area contributed by atoms with Crippen LogP contribution in [0.2, 0.25) is 0 Å². The lowest BCUT2D eigenvalue weighted by Gasteiger charge is -2.05. The minimum atomic E-state index is -1.23. The van der Waals surface area contributed by atoms with Gasteiger partial charge in [0.15, 0.2) is 16.5 Å². The van der Waals surface area contributed by atoms with Crippen molar-refractivity contribution in [3.05, 3.63) is 46.2 Å². The number of hydrogen-bond donors (Lipinski definition) is 2. The second-order valence-corrected chi connectivity index (χ2v) is 3.83. The van der Waals surface area contributed by atoms with Gasteiger partial charge in [-0.05, 0) is 34.1 Å². The first kappa shape index (κ1) is 11.0. The minimum Gasteiger partial charge on any atom is -0.478 e. The summed E-state index contributed by atoms with van der Waals surface area (Å²) in [5, 5.41) is 18.7. The highest BCUT2D eigenvalue weighted by molar-refractivity contribution is 9.10. The van der Waals surface area contributed by atoms with Crippen molar-refractivity contribution >= 4 is 21.9 Å². The maximum absolute atomic E-state index is 10.8. The molecule has 0 aliphatic carbocycles. The quantitative estimate of drug-likeness (QED) is 0.905. The third kappa shape index (κ3) is 1.89. The summed E-state index contributed by atoms with van der Waals surface area (Å²) >= 11 is 3.09. The average molecular weight is 287 g/mol. The maximum Gasteiger partial charge on any atom is 0.339 e. The number of aliphatic hydroxyl groups excluding tert-OH is 1. The molecule has 5 nitrogen and oxygen atoms in total. The fourth-order valence-corrected chi connectivity index (χ4v) is 1.63. The highest BCUT2D eigenvalue weighted by atomic mass is 79.9. The molecule has 1 unspecified atom stereocenters. The van der Waals surface area contributed by atoms with Crippen molar-refractivity contribution in [1.29, 1.82) is 0 Å². The van der Waals surface area contributed by atoms with Gasteiger partial charge in [0, 0.05) is 0 Å². The Morgan fingerprint density at radius 1 is 1.38 bits per heavy atom. The summed E-state index contributed by atoms with van der Waals surface area (Å²) in [7, 11) is 0. The van der Waals surface area contributed by atoms with E-state index in [0.29, 0.717) is 4.67 Å². The maximum atomic E-state index is 10.8. The molecule has 0 aliphatic rings. The molecule has 0 saturated carbocycles. The number of aromatic carboxylic acids is 1. The Bertz CT molecular complexity index is 513. The first-order chi connectivity index (χ1) is 7.59. The van der Waals surface area contributed by atoms with Crippen LogP contribution >= 0.6 is 15.9 Å². The van der Waals surface area contributed by atoms with Gasteiger partial charge in [-0.15, -0.1) is 0 Å². The van der Waals surface area contributed by atoms with Gasteiger partial charge >= 0.3 is 5.97 Å². The number of rotatable bonds is 3. The van der Waals surface area contributed by atoms with Crippen LogP contribution < -0.4 is 0 Å². The van der Waals surface area contributed by atoms with Crippen molar-refractivity contribution in [2.45, 2.75) is 6.10 Å². The van der Waals surface area contributed by atoms with Gasteiger partial charge in [0.05, 0.1) is 6.26 Å². The van der Waals surface area contributed by atoms with Gasteiger partial charge in [-0.1, -0.05) is 0 Å². The fourth-order valence-electron chi connectivity index (χ4n) is 1.31. The number of halogens is 1. The Hall–Kier alpha value is -1.53. The lowest BCUT2D eigenvalue weighted by molar-refractivity contribution is 0.0685. The second-order valence-electron chi connectivity index (χ2n) is 3.05. The molecule has 6 heteroatoms. The molecule has 2 N–H and O–H groups in total. The van der Waals surface area contributed by atoms with Crippen LogP contribution in [-0.4, -0.2) is 16.2 Å². The van der Waals surface area contributed by atoms with Crippen LogP contribution in [0.3, 0.4) is 0 Å². The van der Waals surface area contributed by atoms with Crippen LogP contribution in [0.15, 0.2) is 38.0 Å². The Kier molecular flexibility index (Phi) is 2.84. The molecular formula is C10H7BrO5. The fraction of sp³-hybridized carbons (Fsp3) is 0.100. The lowest BCUT2D eigenvalue weighted by atomic mass is 10.1. The number of aliphatic hydroxyl groups is 1. The molecule has 0 bridgehead atoms. The van der Waals surface area contributed by atoms with E-state index in [0.717, 1.165) is 0 Å². The molecular weight excluding hydrogens is 280 g/mol. The van der Waals surface area contributed by atoms with E-state index < -0.39 is 12.1 Å². The van der Waals surface area contributed by atoms with Gasteiger partial charge < -0.3 is 19.0 Å². The van der Waals surface area contributed by atoms with E-state index in [-0.39, 0.29) is 17.1 Å². The zero-order valence-corrected chi connectivity index (χ0v) is 9.47. The predicted octanol–water partition coefficient (Wildman–Crippen LogP) is 2.42. The molecule has 1 atom stereocenters. The van der Waals surface area contributed by atoms with E-state index in [1.807, 2.05) is 0 Å². The van der Waals surface area contributed by atoms with Gasteiger partial charge in [-0.3, -0.25) is 0 Å². The van der Waals surface area contributed by atoms with Crippen molar-refractivity contribution in [3.8, 4) is 0 Å². The summed E-state index contributed by atoms with van der Waals surface area (Å²) in [5.74, 6) is -0.993. The molecule has 84 valence electrons. The third-order valence-electron chi connectivity index (χ3n) is 2.04. The van der Waals surface area contributed by atoms with Crippen molar-refractivity contribution < 1.29 is 23.8 Å². The SMILES string of the molecule is O=C(O)c1ccoc1C(O)c1ccc(Br)o1. The number of carboxylic acids is 1. The van der Waals surface area contributed by atoms with Crippen molar-refractivity contribution in [3.63, 3.8) is 0 Å². The largest absolute Gasteiger partial charge is 0.478 e. The summed E-state index contributed by atoms with van der Waals surface area (Å²) in [4.78, 5) is 10.8. The van der Waals surface area contributed by atoms with Crippen LogP contribution in [0, 0.1) is 0 Å². The molecule has 0 aliphatic heterocycles. The van der Waals surface area contributed by atoms with E-state index in [2.05, 4.69) is 15.9 Å². The lowest BCUT2D eigenvalue weighted by Crippen LogP contribution is -2.04. The topological polar surface area (TPSA) is 83.8 Å². The van der Waals surface area contributed by atoms with Crippen molar-refractivity contribution in [2.24, 2.45) is 0 Å². The molecule has 0 radical (unpaired) electrons. The highest BCUT2D eigenvalue weighted by Gasteiger charge is 2.24. The first-order valence-corrected chi connectivity index (χ1v) is 5.13.